The van der Waals surface area contributed by atoms with E-state index in [1.807, 2.05) is 0 Å². The average Bonchev–Trinajstić information content (AvgIpc) is 3.26. The third-order valence-electron chi connectivity index (χ3n) is 9.46. The van der Waals surface area contributed by atoms with Crippen molar-refractivity contribution < 1.29 is 28.6 Å². The van der Waals surface area contributed by atoms with E-state index >= 15 is 0 Å². The Kier molecular flexibility index (Phi) is 45.1. The highest BCUT2D eigenvalue weighted by Crippen LogP contribution is 2.12. The fourth-order valence-electron chi connectivity index (χ4n) is 5.92. The summed E-state index contributed by atoms with van der Waals surface area (Å²) < 4.78 is 16.6. The van der Waals surface area contributed by atoms with Crippen LogP contribution >= 0.6 is 0 Å². The molecule has 0 saturated carbocycles. The van der Waals surface area contributed by atoms with Gasteiger partial charge in [-0.15, -0.1) is 0 Å². The Hall–Kier alpha value is -4.19. The maximum atomic E-state index is 12.7. The minimum absolute atomic E-state index is 0.121. The number of hydrogen-bond acceptors (Lipinski definition) is 6. The third kappa shape index (κ3) is 46.7. The van der Waals surface area contributed by atoms with Gasteiger partial charge in [-0.25, -0.2) is 0 Å². The predicted molar refractivity (Wildman–Crippen MR) is 260 cm³/mol. The molecule has 0 aliphatic carbocycles. The van der Waals surface area contributed by atoms with E-state index in [1.54, 1.807) is 0 Å². The molecule has 1 unspecified atom stereocenters. The van der Waals surface area contributed by atoms with Crippen LogP contribution in [-0.4, -0.2) is 37.2 Å². The van der Waals surface area contributed by atoms with Crippen LogP contribution in [0.2, 0.25) is 0 Å². The molecule has 0 radical (unpaired) electrons. The maximum absolute atomic E-state index is 12.7. The van der Waals surface area contributed by atoms with E-state index < -0.39 is 6.10 Å². The van der Waals surface area contributed by atoms with Crippen molar-refractivity contribution in [3.05, 3.63) is 122 Å². The van der Waals surface area contributed by atoms with Gasteiger partial charge in [0.05, 0.1) is 0 Å². The summed E-state index contributed by atoms with van der Waals surface area (Å²) in [6, 6.07) is 0. The molecule has 0 aromatic rings. The van der Waals surface area contributed by atoms with Crippen LogP contribution in [0, 0.1) is 0 Å². The highest BCUT2D eigenvalue weighted by Gasteiger charge is 2.19. The van der Waals surface area contributed by atoms with Gasteiger partial charge in [0.2, 0.25) is 0 Å². The lowest BCUT2D eigenvalue weighted by atomic mass is 10.1. The molecule has 6 nitrogen and oxygen atoms in total. The first-order valence-electron chi connectivity index (χ1n) is 24.0. The predicted octanol–water partition coefficient (Wildman–Crippen LogP) is 15.7. The monoisotopic (exact) mass is 843 g/mol. The van der Waals surface area contributed by atoms with Gasteiger partial charge in [0.15, 0.2) is 6.10 Å². The first kappa shape index (κ1) is 56.8. The number of unbranched alkanes of at least 4 members (excludes halogenated alkanes) is 10. The van der Waals surface area contributed by atoms with E-state index in [0.717, 1.165) is 96.3 Å². The van der Waals surface area contributed by atoms with Crippen molar-refractivity contribution in [3.63, 3.8) is 0 Å². The van der Waals surface area contributed by atoms with Crippen molar-refractivity contribution in [1.29, 1.82) is 0 Å². The molecule has 1 atom stereocenters. The number of carbonyl (C=O) groups excluding carboxylic acids is 3. The molecular formula is C55H86O6. The van der Waals surface area contributed by atoms with E-state index in [0.29, 0.717) is 19.3 Å². The Balaban J connectivity index is 4.57. The maximum Gasteiger partial charge on any atom is 0.306 e. The van der Waals surface area contributed by atoms with E-state index in [4.69, 9.17) is 14.2 Å². The summed E-state index contributed by atoms with van der Waals surface area (Å²) in [5.41, 5.74) is 0. The van der Waals surface area contributed by atoms with Gasteiger partial charge in [-0.05, 0) is 96.3 Å². The number of hydrogen-bond donors (Lipinski definition) is 0. The molecule has 0 aromatic heterocycles. The number of carbonyl (C=O) groups is 3. The van der Waals surface area contributed by atoms with Gasteiger partial charge < -0.3 is 14.2 Å². The lowest BCUT2D eigenvalue weighted by Gasteiger charge is -2.18. The largest absolute Gasteiger partial charge is 0.462 e. The van der Waals surface area contributed by atoms with Crippen LogP contribution in [0.3, 0.4) is 0 Å². The summed E-state index contributed by atoms with van der Waals surface area (Å²) in [6.07, 6.45) is 66.2. The van der Waals surface area contributed by atoms with E-state index in [1.165, 1.54) is 38.5 Å². The quantitative estimate of drug-likeness (QED) is 0.0264. The molecule has 0 amide bonds. The van der Waals surface area contributed by atoms with Gasteiger partial charge in [-0.3, -0.25) is 14.4 Å². The molecule has 0 N–H and O–H groups in total. The van der Waals surface area contributed by atoms with E-state index in [9.17, 15) is 14.4 Å². The van der Waals surface area contributed by atoms with Crippen LogP contribution in [-0.2, 0) is 28.6 Å². The first-order chi connectivity index (χ1) is 30.0. The minimum Gasteiger partial charge on any atom is -0.462 e. The van der Waals surface area contributed by atoms with Crippen LogP contribution in [0.5, 0.6) is 0 Å². The van der Waals surface area contributed by atoms with Gasteiger partial charge in [0.1, 0.15) is 13.2 Å². The molecule has 0 aromatic carbocycles. The molecule has 0 bridgehead atoms. The van der Waals surface area contributed by atoms with Gasteiger partial charge in [-0.1, -0.05) is 194 Å². The zero-order chi connectivity index (χ0) is 44.4. The van der Waals surface area contributed by atoms with Crippen LogP contribution < -0.4 is 0 Å². The number of ether oxygens (including phenoxy) is 3. The van der Waals surface area contributed by atoms with E-state index in [-0.39, 0.29) is 44.0 Å². The molecule has 0 spiro atoms. The molecule has 6 heteroatoms. The summed E-state index contributed by atoms with van der Waals surface area (Å²) in [7, 11) is 0. The summed E-state index contributed by atoms with van der Waals surface area (Å²) in [5.74, 6) is -1.06. The molecule has 0 saturated heterocycles. The van der Waals surface area contributed by atoms with Crippen LogP contribution in [0.15, 0.2) is 122 Å². The lowest BCUT2D eigenvalue weighted by molar-refractivity contribution is -0.167. The fourth-order valence-corrected chi connectivity index (χ4v) is 5.92. The Morgan fingerprint density at radius 2 is 0.639 bits per heavy atom. The Bertz CT molecular complexity index is 1340. The smallest absolute Gasteiger partial charge is 0.306 e. The normalized spacial score (nSPS) is 13.2. The van der Waals surface area contributed by atoms with Crippen molar-refractivity contribution in [2.24, 2.45) is 0 Å². The summed E-state index contributed by atoms with van der Waals surface area (Å²) in [5, 5.41) is 0. The lowest BCUT2D eigenvalue weighted by Crippen LogP contribution is -2.30. The number of rotatable bonds is 41. The third-order valence-corrected chi connectivity index (χ3v) is 9.46. The van der Waals surface area contributed by atoms with Crippen LogP contribution in [0.1, 0.15) is 188 Å². The second kappa shape index (κ2) is 48.5. The molecule has 0 heterocycles. The van der Waals surface area contributed by atoms with Crippen molar-refractivity contribution in [3.8, 4) is 0 Å². The second-order valence-corrected chi connectivity index (χ2v) is 15.3. The molecule has 61 heavy (non-hydrogen) atoms. The van der Waals surface area contributed by atoms with Crippen LogP contribution in [0.25, 0.3) is 0 Å². The second-order valence-electron chi connectivity index (χ2n) is 15.3. The topological polar surface area (TPSA) is 78.9 Å². The minimum atomic E-state index is -0.830. The first-order valence-corrected chi connectivity index (χ1v) is 24.0. The Labute approximate surface area is 373 Å². The number of esters is 3. The van der Waals surface area contributed by atoms with Crippen molar-refractivity contribution >= 4 is 17.9 Å². The standard InChI is InChI=1S/C55H86O6/c1-4-7-10-13-16-19-21-23-25-27-29-31-33-36-39-42-45-48-54(57)60-51-52(50-59-53(56)47-44-41-38-35-18-15-12-9-6-3)61-55(58)49-46-43-40-37-34-32-30-28-26-24-22-20-17-14-11-8-5-2/h7-8,10-11,16-17,19-20,23-26,29-32,36-37,39-40,52H,4-6,9,12-15,18,21-22,27-28,33-35,38,41-51H2,1-3H3/b10-7-,11-8-,19-16-,20-17-,25-23-,26-24-,31-29-,32-30-,39-36-,40-37-. The van der Waals surface area contributed by atoms with E-state index in [2.05, 4.69) is 142 Å². The molecule has 0 aliphatic heterocycles. The molecule has 0 aliphatic rings. The zero-order valence-electron chi connectivity index (χ0n) is 38.9. The van der Waals surface area contributed by atoms with Gasteiger partial charge in [0.25, 0.3) is 0 Å². The van der Waals surface area contributed by atoms with Gasteiger partial charge in [-0.2, -0.15) is 0 Å². The molecule has 0 fully saturated rings. The molecular weight excluding hydrogens is 757 g/mol. The molecule has 0 rings (SSSR count). The summed E-state index contributed by atoms with van der Waals surface area (Å²) in [4.78, 5) is 37.8. The average molecular weight is 843 g/mol. The highest BCUT2D eigenvalue weighted by molar-refractivity contribution is 5.71. The van der Waals surface area contributed by atoms with Crippen LogP contribution in [0.4, 0.5) is 0 Å². The summed E-state index contributed by atoms with van der Waals surface area (Å²) in [6.45, 7) is 6.26. The summed E-state index contributed by atoms with van der Waals surface area (Å²) >= 11 is 0. The Morgan fingerprint density at radius 1 is 0.344 bits per heavy atom. The zero-order valence-corrected chi connectivity index (χ0v) is 38.9. The highest BCUT2D eigenvalue weighted by atomic mass is 16.6. The van der Waals surface area contributed by atoms with Crippen molar-refractivity contribution in [2.45, 2.75) is 194 Å². The van der Waals surface area contributed by atoms with Gasteiger partial charge in [0, 0.05) is 19.3 Å². The number of allylic oxidation sites excluding steroid dienone is 20. The van der Waals surface area contributed by atoms with Crippen molar-refractivity contribution in [2.75, 3.05) is 13.2 Å². The fraction of sp³-hybridized carbons (Fsp3) is 0.582. The van der Waals surface area contributed by atoms with Gasteiger partial charge >= 0.3 is 17.9 Å². The Morgan fingerprint density at radius 3 is 1.00 bits per heavy atom. The molecule has 342 valence electrons. The van der Waals surface area contributed by atoms with Crippen molar-refractivity contribution in [1.82, 2.24) is 0 Å². The SMILES string of the molecule is CC/C=C\C/C=C\C/C=C\C/C=C\C/C=C\CCCC(=O)OCC(COC(=O)CCCCCCCCCCC)OC(=O)CCC/C=C\C/C=C\C/C=C\C/C=C\C/C=C\CC.